The molecule has 3 aromatic heterocycles. The number of aromatic nitrogens is 4. The second kappa shape index (κ2) is 14.0. The SMILES string of the molecule is C=CCCC1(C)CCN(c2c(C(OC(C)(C)C)C(=O)O)c(C)nc3cc(-c4ncc(Cc5ccc(F)cc5B5OC(C)(C)C(C)(C)O5)s4)nn23)CC1. The van der Waals surface area contributed by atoms with E-state index in [1.165, 1.54) is 23.5 Å². The fraction of sp³-hybridized carbons (Fsp3) is 0.538. The van der Waals surface area contributed by atoms with Crippen LogP contribution in [0.2, 0.25) is 0 Å². The van der Waals surface area contributed by atoms with Crippen molar-refractivity contribution >= 4 is 41.4 Å². The van der Waals surface area contributed by atoms with Gasteiger partial charge < -0.3 is 24.1 Å². The molecule has 10 nitrogen and oxygen atoms in total. The topological polar surface area (TPSA) is 111 Å². The minimum absolute atomic E-state index is 0.166. The molecule has 1 unspecified atom stereocenters. The molecule has 2 aliphatic heterocycles. The zero-order valence-corrected chi connectivity index (χ0v) is 32.7. The zero-order valence-electron chi connectivity index (χ0n) is 31.9. The first-order valence-electron chi connectivity index (χ1n) is 18.1. The maximum absolute atomic E-state index is 14.6. The van der Waals surface area contributed by atoms with Crippen LogP contribution in [0, 0.1) is 18.2 Å². The number of aliphatic carboxylic acids is 1. The minimum atomic E-state index is -1.24. The Morgan fingerprint density at radius 3 is 2.44 bits per heavy atom. The van der Waals surface area contributed by atoms with Crippen molar-refractivity contribution in [1.29, 1.82) is 0 Å². The minimum Gasteiger partial charge on any atom is -0.479 e. The third kappa shape index (κ3) is 7.69. The number of allylic oxidation sites excluding steroid dienone is 1. The van der Waals surface area contributed by atoms with E-state index in [-0.39, 0.29) is 11.2 Å². The molecule has 2 saturated heterocycles. The summed E-state index contributed by atoms with van der Waals surface area (Å²) in [6, 6.07) is 6.62. The number of ether oxygens (including phenoxy) is 1. The van der Waals surface area contributed by atoms with Gasteiger partial charge in [0.05, 0.1) is 22.4 Å². The smallest absolute Gasteiger partial charge is 0.479 e. The van der Waals surface area contributed by atoms with Crippen LogP contribution in [0.1, 0.15) is 109 Å². The summed E-state index contributed by atoms with van der Waals surface area (Å²) >= 11 is 1.50. The number of fused-ring (bicyclic) bond motifs is 1. The van der Waals surface area contributed by atoms with E-state index < -0.39 is 36.0 Å². The molecule has 0 aliphatic carbocycles. The highest BCUT2D eigenvalue weighted by atomic mass is 32.1. The monoisotopic (exact) mass is 731 g/mol. The van der Waals surface area contributed by atoms with Crippen LogP contribution in [0.15, 0.2) is 43.1 Å². The number of thiazole rings is 1. The van der Waals surface area contributed by atoms with Gasteiger partial charge in [-0.25, -0.2) is 19.2 Å². The van der Waals surface area contributed by atoms with Crippen molar-refractivity contribution in [2.75, 3.05) is 18.0 Å². The maximum atomic E-state index is 14.6. The molecule has 278 valence electrons. The number of benzene rings is 1. The van der Waals surface area contributed by atoms with E-state index in [2.05, 4.69) is 18.4 Å². The van der Waals surface area contributed by atoms with Gasteiger partial charge >= 0.3 is 13.1 Å². The lowest BCUT2D eigenvalue weighted by Crippen LogP contribution is -2.41. The first-order chi connectivity index (χ1) is 24.3. The number of anilines is 1. The normalized spacial score (nSPS) is 19.0. The van der Waals surface area contributed by atoms with E-state index in [1.807, 2.05) is 73.7 Å². The summed E-state index contributed by atoms with van der Waals surface area (Å²) in [5.41, 5.74) is 2.19. The van der Waals surface area contributed by atoms with E-state index in [4.69, 9.17) is 29.1 Å². The van der Waals surface area contributed by atoms with Gasteiger partial charge in [-0.05, 0) is 110 Å². The van der Waals surface area contributed by atoms with Crippen molar-refractivity contribution in [3.63, 3.8) is 0 Å². The molecule has 5 heterocycles. The number of aryl methyl sites for hydroxylation is 1. The van der Waals surface area contributed by atoms with Gasteiger partial charge in [-0.1, -0.05) is 19.1 Å². The number of carboxylic acid groups (broad SMARTS) is 1. The number of halogens is 1. The molecule has 1 aromatic carbocycles. The molecule has 0 amide bonds. The van der Waals surface area contributed by atoms with Gasteiger partial charge in [0.25, 0.3) is 0 Å². The Morgan fingerprint density at radius 2 is 1.83 bits per heavy atom. The molecule has 1 N–H and O–H groups in total. The van der Waals surface area contributed by atoms with Crippen LogP contribution in [-0.4, -0.2) is 67.7 Å². The molecule has 52 heavy (non-hydrogen) atoms. The van der Waals surface area contributed by atoms with Crippen LogP contribution in [0.25, 0.3) is 16.3 Å². The number of nitrogens with zero attached hydrogens (tertiary/aromatic N) is 5. The van der Waals surface area contributed by atoms with Crippen molar-refractivity contribution in [1.82, 2.24) is 19.6 Å². The molecule has 0 saturated carbocycles. The predicted molar refractivity (Wildman–Crippen MR) is 204 cm³/mol. The summed E-state index contributed by atoms with van der Waals surface area (Å²) in [4.78, 5) is 25.7. The summed E-state index contributed by atoms with van der Waals surface area (Å²) in [5, 5.41) is 16.2. The third-order valence-corrected chi connectivity index (χ3v) is 11.8. The lowest BCUT2D eigenvalue weighted by molar-refractivity contribution is -0.160. The zero-order chi connectivity index (χ0) is 37.8. The molecular formula is C39H51BFN5O5S. The largest absolute Gasteiger partial charge is 0.495 e. The van der Waals surface area contributed by atoms with E-state index >= 15 is 0 Å². The van der Waals surface area contributed by atoms with Gasteiger partial charge in [0.1, 0.15) is 22.3 Å². The molecule has 4 aromatic rings. The Labute approximate surface area is 310 Å². The quantitative estimate of drug-likeness (QED) is 0.123. The summed E-state index contributed by atoms with van der Waals surface area (Å²) < 4.78 is 35.1. The summed E-state index contributed by atoms with van der Waals surface area (Å²) in [5.74, 6) is -0.744. The van der Waals surface area contributed by atoms with Crippen LogP contribution in [0.4, 0.5) is 10.2 Å². The average Bonchev–Trinajstić information content (AvgIpc) is 3.74. The molecule has 0 radical (unpaired) electrons. The highest BCUT2D eigenvalue weighted by Gasteiger charge is 2.52. The Kier molecular flexibility index (Phi) is 10.2. The Balaban J connectivity index is 1.37. The van der Waals surface area contributed by atoms with Crippen molar-refractivity contribution in [3.05, 3.63) is 70.6 Å². The number of rotatable bonds is 11. The number of piperidine rings is 1. The van der Waals surface area contributed by atoms with Gasteiger partial charge in [-0.2, -0.15) is 9.61 Å². The van der Waals surface area contributed by atoms with Gasteiger partial charge in [0.2, 0.25) is 0 Å². The highest BCUT2D eigenvalue weighted by molar-refractivity contribution is 7.15. The van der Waals surface area contributed by atoms with E-state index in [1.54, 1.807) is 10.6 Å². The molecular weight excluding hydrogens is 680 g/mol. The third-order valence-electron chi connectivity index (χ3n) is 10.7. The molecule has 6 rings (SSSR count). The Bertz CT molecular complexity index is 1960. The second-order valence-corrected chi connectivity index (χ2v) is 17.7. The van der Waals surface area contributed by atoms with E-state index in [9.17, 15) is 14.3 Å². The molecule has 1 atom stereocenters. The fourth-order valence-electron chi connectivity index (χ4n) is 6.99. The Morgan fingerprint density at radius 1 is 1.15 bits per heavy atom. The highest BCUT2D eigenvalue weighted by Crippen LogP contribution is 2.42. The van der Waals surface area contributed by atoms with Gasteiger partial charge in [0.15, 0.2) is 11.8 Å². The average molecular weight is 732 g/mol. The second-order valence-electron chi connectivity index (χ2n) is 16.5. The molecule has 0 bridgehead atoms. The predicted octanol–water partition coefficient (Wildman–Crippen LogP) is 7.70. The maximum Gasteiger partial charge on any atom is 0.495 e. The summed E-state index contributed by atoms with van der Waals surface area (Å²) in [6.45, 7) is 23.0. The summed E-state index contributed by atoms with van der Waals surface area (Å²) in [6.07, 6.45) is 6.96. The Hall–Kier alpha value is -3.65. The van der Waals surface area contributed by atoms with Crippen LogP contribution in [-0.2, 0) is 25.3 Å². The van der Waals surface area contributed by atoms with Crippen molar-refractivity contribution in [2.24, 2.45) is 5.41 Å². The summed E-state index contributed by atoms with van der Waals surface area (Å²) in [7, 11) is -0.699. The molecule has 2 fully saturated rings. The molecule has 13 heteroatoms. The van der Waals surface area contributed by atoms with Gasteiger partial charge in [0, 0.05) is 42.3 Å². The number of carbonyl (C=O) groups is 1. The lowest BCUT2D eigenvalue weighted by Gasteiger charge is -2.41. The van der Waals surface area contributed by atoms with Crippen molar-refractivity contribution in [3.8, 4) is 10.7 Å². The first kappa shape index (κ1) is 38.1. The van der Waals surface area contributed by atoms with Crippen LogP contribution in [0.3, 0.4) is 0 Å². The molecule has 0 spiro atoms. The lowest BCUT2D eigenvalue weighted by atomic mass is 9.75. The number of hydrogen-bond acceptors (Lipinski definition) is 9. The van der Waals surface area contributed by atoms with Crippen LogP contribution in [0.5, 0.6) is 0 Å². The number of carboxylic acids is 1. The van der Waals surface area contributed by atoms with Crippen molar-refractivity contribution < 1.29 is 28.3 Å². The number of hydrogen-bond donors (Lipinski definition) is 1. The first-order valence-corrected chi connectivity index (χ1v) is 18.9. The fourth-order valence-corrected chi connectivity index (χ4v) is 7.88. The van der Waals surface area contributed by atoms with Crippen LogP contribution < -0.4 is 10.4 Å². The van der Waals surface area contributed by atoms with E-state index in [0.29, 0.717) is 45.3 Å². The standard InChI is InChI=1S/C39H51BFN5O5S/c1-11-12-15-39(10)16-18-45(19-17-39)34-31(32(35(47)48)49-36(3,4)5)24(2)43-30-22-29(44-46(30)34)33-42-23-27(52-33)20-25-13-14-26(41)21-28(25)40-50-37(6,7)38(8,9)51-40/h11,13-14,21-23,32H,1,12,15-20H2,2-10H3,(H,47,48). The molecule has 2 aliphatic rings. The van der Waals surface area contributed by atoms with E-state index in [0.717, 1.165) is 49.2 Å². The van der Waals surface area contributed by atoms with Gasteiger partial charge in [-0.3, -0.25) is 0 Å². The van der Waals surface area contributed by atoms with Crippen molar-refractivity contribution in [2.45, 2.75) is 117 Å². The van der Waals surface area contributed by atoms with Crippen LogP contribution >= 0.6 is 11.3 Å². The van der Waals surface area contributed by atoms with Gasteiger partial charge in [-0.15, -0.1) is 17.9 Å².